The number of likely N-dealkylation sites (N-methyl/N-ethyl adjacent to an activating group) is 1. The number of benzene rings is 1. The summed E-state index contributed by atoms with van der Waals surface area (Å²) >= 11 is 5.88. The summed E-state index contributed by atoms with van der Waals surface area (Å²) in [4.78, 5) is 0. The fourth-order valence-electron chi connectivity index (χ4n) is 1.84. The monoisotopic (exact) mass is 249 g/mol. The van der Waals surface area contributed by atoms with E-state index in [9.17, 15) is 0 Å². The van der Waals surface area contributed by atoms with E-state index in [2.05, 4.69) is 36.2 Å². The lowest BCUT2D eigenvalue weighted by atomic mass is 10.0. The maximum atomic E-state index is 5.88. The van der Waals surface area contributed by atoms with Crippen molar-refractivity contribution in [3.63, 3.8) is 0 Å². The van der Waals surface area contributed by atoms with Crippen LogP contribution in [0.25, 0.3) is 0 Å². The van der Waals surface area contributed by atoms with E-state index in [-0.39, 0.29) is 0 Å². The van der Waals surface area contributed by atoms with Crippen LogP contribution in [0, 0.1) is 11.8 Å². The largest absolute Gasteiger partial charge is 0.314 e. The predicted octanol–water partition coefficient (Wildman–Crippen LogP) is 3.66. The molecule has 1 aromatic rings. The molecule has 1 N–H and O–H groups in total. The molecule has 0 saturated carbocycles. The van der Waals surface area contributed by atoms with Crippen LogP contribution < -0.4 is 5.32 Å². The molecule has 1 atom stereocenters. The van der Waals surface area contributed by atoms with E-state index in [4.69, 9.17) is 11.6 Å². The molecule has 92 valence electrons. The molecule has 0 fully saturated rings. The molecule has 1 rings (SSSR count). The molecule has 2 heteroatoms. The fourth-order valence-corrected chi connectivity index (χ4v) is 1.97. The Morgan fingerprint density at radius 1 is 1.29 bits per heavy atom. The maximum absolute atomic E-state index is 5.88. The van der Waals surface area contributed by atoms with E-state index in [1.807, 2.05) is 19.1 Å². The van der Waals surface area contributed by atoms with Gasteiger partial charge in [-0.15, -0.1) is 11.8 Å². The highest BCUT2D eigenvalue weighted by Gasteiger charge is 2.07. The van der Waals surface area contributed by atoms with Gasteiger partial charge in [0.2, 0.25) is 0 Å². The molecule has 1 aromatic carbocycles. The first kappa shape index (κ1) is 14.1. The van der Waals surface area contributed by atoms with E-state index >= 15 is 0 Å². The van der Waals surface area contributed by atoms with Crippen LogP contribution in [0.4, 0.5) is 0 Å². The molecule has 0 amide bonds. The van der Waals surface area contributed by atoms with E-state index in [1.54, 1.807) is 0 Å². The number of hydrogen-bond acceptors (Lipinski definition) is 1. The molecule has 1 unspecified atom stereocenters. The van der Waals surface area contributed by atoms with Crippen LogP contribution in [-0.4, -0.2) is 12.6 Å². The predicted molar refractivity (Wildman–Crippen MR) is 75.3 cm³/mol. The summed E-state index contributed by atoms with van der Waals surface area (Å²) in [6.07, 6.45) is 3.09. The number of halogens is 1. The average molecular weight is 250 g/mol. The van der Waals surface area contributed by atoms with Gasteiger partial charge in [0.25, 0.3) is 0 Å². The van der Waals surface area contributed by atoms with Crippen molar-refractivity contribution in [3.8, 4) is 11.8 Å². The van der Waals surface area contributed by atoms with Crippen LogP contribution in [0.3, 0.4) is 0 Å². The molecule has 0 heterocycles. The Morgan fingerprint density at radius 2 is 2.00 bits per heavy atom. The Kier molecular flexibility index (Phi) is 6.77. The first-order valence-corrected chi connectivity index (χ1v) is 6.51. The Morgan fingerprint density at radius 3 is 2.59 bits per heavy atom. The lowest BCUT2D eigenvalue weighted by Crippen LogP contribution is -2.30. The number of rotatable bonds is 6. The molecular weight excluding hydrogens is 230 g/mol. The van der Waals surface area contributed by atoms with Crippen molar-refractivity contribution in [2.24, 2.45) is 0 Å². The van der Waals surface area contributed by atoms with E-state index in [0.29, 0.717) is 6.04 Å². The van der Waals surface area contributed by atoms with Crippen LogP contribution in [0.2, 0.25) is 5.02 Å². The van der Waals surface area contributed by atoms with Crippen LogP contribution in [0.5, 0.6) is 0 Å². The first-order chi connectivity index (χ1) is 8.26. The summed E-state index contributed by atoms with van der Waals surface area (Å²) in [6.45, 7) is 5.03. The van der Waals surface area contributed by atoms with Crippen molar-refractivity contribution >= 4 is 11.6 Å². The Bertz CT molecular complexity index is 372. The van der Waals surface area contributed by atoms with Gasteiger partial charge in [-0.2, -0.15) is 0 Å². The minimum atomic E-state index is 0.502. The minimum absolute atomic E-state index is 0.502. The van der Waals surface area contributed by atoms with Gasteiger partial charge >= 0.3 is 0 Å². The standard InChI is InChI=1S/C15H20ClN/c1-3-5-6-7-15(17-4-2)12-13-8-10-14(16)11-9-13/h8-11,15,17H,4,6-7,12H2,1-2H3. The third-order valence-corrected chi connectivity index (χ3v) is 2.93. The van der Waals surface area contributed by atoms with E-state index < -0.39 is 0 Å². The third-order valence-electron chi connectivity index (χ3n) is 2.68. The molecular formula is C15H20ClN. The van der Waals surface area contributed by atoms with Gasteiger partial charge in [-0.1, -0.05) is 30.7 Å². The van der Waals surface area contributed by atoms with Gasteiger partial charge in [-0.3, -0.25) is 0 Å². The summed E-state index contributed by atoms with van der Waals surface area (Å²) in [6, 6.07) is 8.59. The molecule has 1 nitrogen and oxygen atoms in total. The van der Waals surface area contributed by atoms with Crippen molar-refractivity contribution in [3.05, 3.63) is 34.9 Å². The third kappa shape index (κ3) is 5.77. The van der Waals surface area contributed by atoms with Crippen molar-refractivity contribution in [2.45, 2.75) is 39.2 Å². The molecule has 0 aliphatic heterocycles. The highest BCUT2D eigenvalue weighted by Crippen LogP contribution is 2.12. The Hall–Kier alpha value is -0.970. The zero-order chi connectivity index (χ0) is 12.5. The van der Waals surface area contributed by atoms with Crippen molar-refractivity contribution < 1.29 is 0 Å². The molecule has 0 aliphatic carbocycles. The van der Waals surface area contributed by atoms with Gasteiger partial charge in [0, 0.05) is 17.5 Å². The SMILES string of the molecule is CC#CCCC(Cc1ccc(Cl)cc1)NCC. The summed E-state index contributed by atoms with van der Waals surface area (Å²) < 4.78 is 0. The second kappa shape index (κ2) is 8.17. The fraction of sp³-hybridized carbons (Fsp3) is 0.467. The van der Waals surface area contributed by atoms with E-state index in [0.717, 1.165) is 30.8 Å². The highest BCUT2D eigenvalue weighted by atomic mass is 35.5. The normalized spacial score (nSPS) is 11.7. The smallest absolute Gasteiger partial charge is 0.0406 e. The lowest BCUT2D eigenvalue weighted by Gasteiger charge is -2.16. The zero-order valence-electron chi connectivity index (χ0n) is 10.6. The molecule has 0 aliphatic rings. The topological polar surface area (TPSA) is 12.0 Å². The summed E-state index contributed by atoms with van der Waals surface area (Å²) in [5.41, 5.74) is 1.32. The summed E-state index contributed by atoms with van der Waals surface area (Å²) in [5, 5.41) is 4.30. The van der Waals surface area contributed by atoms with Gasteiger partial charge in [-0.25, -0.2) is 0 Å². The van der Waals surface area contributed by atoms with Crippen LogP contribution in [0.15, 0.2) is 24.3 Å². The Labute approximate surface area is 110 Å². The van der Waals surface area contributed by atoms with Crippen molar-refractivity contribution in [1.29, 1.82) is 0 Å². The average Bonchev–Trinajstić information content (AvgIpc) is 2.32. The van der Waals surface area contributed by atoms with Crippen molar-refractivity contribution in [2.75, 3.05) is 6.54 Å². The van der Waals surface area contributed by atoms with Crippen LogP contribution in [-0.2, 0) is 6.42 Å². The highest BCUT2D eigenvalue weighted by molar-refractivity contribution is 6.30. The minimum Gasteiger partial charge on any atom is -0.314 e. The molecule has 0 saturated heterocycles. The van der Waals surface area contributed by atoms with Gasteiger partial charge < -0.3 is 5.32 Å². The molecule has 0 bridgehead atoms. The van der Waals surface area contributed by atoms with Gasteiger partial charge in [0.1, 0.15) is 0 Å². The zero-order valence-corrected chi connectivity index (χ0v) is 11.3. The van der Waals surface area contributed by atoms with E-state index in [1.165, 1.54) is 5.56 Å². The second-order valence-electron chi connectivity index (χ2n) is 4.05. The first-order valence-electron chi connectivity index (χ1n) is 6.13. The van der Waals surface area contributed by atoms with Crippen LogP contribution >= 0.6 is 11.6 Å². The van der Waals surface area contributed by atoms with Gasteiger partial charge in [-0.05, 0) is 44.0 Å². The maximum Gasteiger partial charge on any atom is 0.0406 e. The molecule has 0 aromatic heterocycles. The molecule has 17 heavy (non-hydrogen) atoms. The Balaban J connectivity index is 2.52. The van der Waals surface area contributed by atoms with Gasteiger partial charge in [0.15, 0.2) is 0 Å². The van der Waals surface area contributed by atoms with Gasteiger partial charge in [0.05, 0.1) is 0 Å². The van der Waals surface area contributed by atoms with Crippen molar-refractivity contribution in [1.82, 2.24) is 5.32 Å². The molecule has 0 spiro atoms. The molecule has 0 radical (unpaired) electrons. The lowest BCUT2D eigenvalue weighted by molar-refractivity contribution is 0.497. The summed E-state index contributed by atoms with van der Waals surface area (Å²) in [7, 11) is 0. The number of hydrogen-bond donors (Lipinski definition) is 1. The summed E-state index contributed by atoms with van der Waals surface area (Å²) in [5.74, 6) is 6.06. The quantitative estimate of drug-likeness (QED) is 0.759. The number of nitrogens with one attached hydrogen (secondary N) is 1. The van der Waals surface area contributed by atoms with Crippen LogP contribution in [0.1, 0.15) is 32.3 Å². The second-order valence-corrected chi connectivity index (χ2v) is 4.49.